The second-order valence-electron chi connectivity index (χ2n) is 16.1. The number of hydrogen-bond acceptors (Lipinski definition) is 2. The Morgan fingerprint density at radius 3 is 1.97 bits per heavy atom. The van der Waals surface area contributed by atoms with Crippen LogP contribution in [0.4, 0.5) is 0 Å². The van der Waals surface area contributed by atoms with Crippen molar-refractivity contribution in [2.75, 3.05) is 0 Å². The van der Waals surface area contributed by atoms with Gasteiger partial charge in [0.15, 0.2) is 0 Å². The minimum absolute atomic E-state index is 0.239. The summed E-state index contributed by atoms with van der Waals surface area (Å²) in [6.07, 6.45) is 15.9. The minimum Gasteiger partial charge on any atom is -0.127 e. The number of allylic oxidation sites excluding steroid dienone is 4. The van der Waals surface area contributed by atoms with Crippen molar-refractivity contribution in [3.05, 3.63) is 57.4 Å². The Morgan fingerprint density at radius 2 is 1.36 bits per heavy atom. The van der Waals surface area contributed by atoms with Crippen LogP contribution < -0.4 is 0 Å². The summed E-state index contributed by atoms with van der Waals surface area (Å²) in [5.74, 6) is 6.27. The van der Waals surface area contributed by atoms with Gasteiger partial charge in [0.2, 0.25) is 0 Å². The highest BCUT2D eigenvalue weighted by Gasteiger charge is 2.63. The molecule has 10 unspecified atom stereocenters. The fourth-order valence-electron chi connectivity index (χ4n) is 11.1. The molecule has 212 valence electrons. The average molecular weight is 577 g/mol. The second-order valence-corrected chi connectivity index (χ2v) is 24.0. The largest absolute Gasteiger partial charge is 0.127 e. The predicted molar refractivity (Wildman–Crippen MR) is 176 cm³/mol. The number of thioether (sulfide) groups is 2. The van der Waals surface area contributed by atoms with E-state index in [4.69, 9.17) is 0 Å². The minimum atomic E-state index is -1.51. The predicted octanol–water partition coefficient (Wildman–Crippen LogP) is 11.0. The summed E-state index contributed by atoms with van der Waals surface area (Å²) in [7, 11) is -1.51. The maximum atomic E-state index is 2.88. The fraction of sp³-hybridized carbons (Fsp3) is 0.722. The molecule has 0 nitrogen and oxygen atoms in total. The van der Waals surface area contributed by atoms with E-state index in [1.54, 1.807) is 21.8 Å². The van der Waals surface area contributed by atoms with Crippen LogP contribution in [0.5, 0.6) is 0 Å². The highest BCUT2D eigenvalue weighted by Crippen LogP contribution is 2.69. The summed E-state index contributed by atoms with van der Waals surface area (Å²) in [6, 6.07) is 10.1. The lowest BCUT2D eigenvalue weighted by molar-refractivity contribution is 0.0653. The topological polar surface area (TPSA) is 0 Å². The Balaban J connectivity index is 1.21. The van der Waals surface area contributed by atoms with Gasteiger partial charge in [-0.1, -0.05) is 96.0 Å². The van der Waals surface area contributed by atoms with Gasteiger partial charge in [-0.2, -0.15) is 0 Å². The van der Waals surface area contributed by atoms with Crippen LogP contribution in [-0.2, 0) is 5.41 Å². The van der Waals surface area contributed by atoms with Gasteiger partial charge in [0, 0.05) is 10.5 Å². The van der Waals surface area contributed by atoms with Crippen molar-refractivity contribution in [1.29, 1.82) is 0 Å². The van der Waals surface area contributed by atoms with Crippen LogP contribution in [0.1, 0.15) is 96.6 Å². The van der Waals surface area contributed by atoms with Crippen molar-refractivity contribution in [3.63, 3.8) is 0 Å². The Kier molecular flexibility index (Phi) is 6.92. The van der Waals surface area contributed by atoms with Gasteiger partial charge in [0.05, 0.1) is 8.07 Å². The summed E-state index contributed by atoms with van der Waals surface area (Å²) in [5, 5.41) is 1.73. The van der Waals surface area contributed by atoms with Crippen molar-refractivity contribution >= 4 is 31.6 Å². The molecule has 10 atom stereocenters. The molecule has 1 aromatic carbocycles. The van der Waals surface area contributed by atoms with Crippen LogP contribution in [-0.4, -0.2) is 18.6 Å². The Morgan fingerprint density at radius 1 is 0.744 bits per heavy atom. The quantitative estimate of drug-likeness (QED) is 0.328. The lowest BCUT2D eigenvalue weighted by Gasteiger charge is -2.52. The number of benzene rings is 1. The normalized spacial score (nSPS) is 43.4. The lowest BCUT2D eigenvalue weighted by Crippen LogP contribution is -2.48. The summed E-state index contributed by atoms with van der Waals surface area (Å²) in [4.78, 5) is 3.24. The second kappa shape index (κ2) is 9.83. The number of hydrogen-bond donors (Lipinski definition) is 0. The molecule has 4 saturated carbocycles. The van der Waals surface area contributed by atoms with Gasteiger partial charge in [-0.3, -0.25) is 0 Å². The highest BCUT2D eigenvalue weighted by molar-refractivity contribution is 8.05. The molecule has 1 aromatic rings. The average Bonchev–Trinajstić information content (AvgIpc) is 3.62. The Hall–Kier alpha value is -0.383. The maximum Gasteiger partial charge on any atom is 0.0563 e. The summed E-state index contributed by atoms with van der Waals surface area (Å²) >= 11 is 4.58. The van der Waals surface area contributed by atoms with E-state index in [2.05, 4.69) is 108 Å². The van der Waals surface area contributed by atoms with Crippen LogP contribution in [0.15, 0.2) is 46.2 Å². The first kappa shape index (κ1) is 27.5. The molecule has 3 heteroatoms. The molecule has 2 aliphatic heterocycles. The monoisotopic (exact) mass is 576 g/mol. The molecular weight excluding hydrogens is 525 g/mol. The molecule has 2 heterocycles. The van der Waals surface area contributed by atoms with Crippen molar-refractivity contribution in [1.82, 2.24) is 0 Å². The third-order valence-electron chi connectivity index (χ3n) is 12.7. The first-order valence-corrected chi connectivity index (χ1v) is 21.3. The van der Waals surface area contributed by atoms with E-state index in [-0.39, 0.29) is 5.41 Å². The third kappa shape index (κ3) is 4.44. The molecule has 0 N–H and O–H groups in total. The van der Waals surface area contributed by atoms with E-state index in [0.29, 0.717) is 0 Å². The zero-order chi connectivity index (χ0) is 27.3. The molecule has 39 heavy (non-hydrogen) atoms. The van der Waals surface area contributed by atoms with Crippen LogP contribution in [0.3, 0.4) is 0 Å². The van der Waals surface area contributed by atoms with Gasteiger partial charge in [-0.25, -0.2) is 0 Å². The first-order valence-electron chi connectivity index (χ1n) is 16.3. The molecular formula is C36H52S2Si. The van der Waals surface area contributed by atoms with Gasteiger partial charge >= 0.3 is 0 Å². The first-order chi connectivity index (χ1) is 18.5. The van der Waals surface area contributed by atoms with E-state index < -0.39 is 8.07 Å². The molecule has 0 bridgehead atoms. The van der Waals surface area contributed by atoms with Crippen molar-refractivity contribution in [2.45, 2.75) is 126 Å². The van der Waals surface area contributed by atoms with Gasteiger partial charge in [0.1, 0.15) is 0 Å². The Bertz CT molecular complexity index is 1120. The molecule has 0 saturated heterocycles. The Labute approximate surface area is 249 Å². The molecule has 4 aliphatic carbocycles. The van der Waals surface area contributed by atoms with Crippen molar-refractivity contribution < 1.29 is 0 Å². The van der Waals surface area contributed by atoms with E-state index in [1.807, 2.05) is 0 Å². The molecule has 4 fully saturated rings. The number of fused-ring (bicyclic) bond motifs is 5. The van der Waals surface area contributed by atoms with Gasteiger partial charge in [0.25, 0.3) is 0 Å². The van der Waals surface area contributed by atoms with Gasteiger partial charge in [-0.05, 0) is 112 Å². The van der Waals surface area contributed by atoms with Crippen molar-refractivity contribution in [3.8, 4) is 0 Å². The third-order valence-corrected chi connectivity index (χ3v) is 21.1. The molecule has 0 spiro atoms. The zero-order valence-corrected chi connectivity index (χ0v) is 28.2. The van der Waals surface area contributed by atoms with Crippen LogP contribution in [0, 0.1) is 35.5 Å². The molecule has 0 aromatic heterocycles. The molecule has 0 amide bonds. The number of rotatable bonds is 3. The molecule has 7 rings (SSSR count). The van der Waals surface area contributed by atoms with Crippen LogP contribution in [0.2, 0.25) is 24.2 Å². The maximum absolute atomic E-state index is 2.88. The van der Waals surface area contributed by atoms with E-state index in [0.717, 1.165) is 63.0 Å². The molecule has 0 radical (unpaired) electrons. The summed E-state index contributed by atoms with van der Waals surface area (Å²) < 4.78 is 0. The standard InChI is InChI=1S/C36H52S2Si/c1-21-18-29-30-19-22(2)38-34(30)35(33(29)37-21)39(6,7)31-17-16-27-28(31)20-24-10-8-9-11-26(24)32(27)23-12-14-25(15-13-23)36(3,4)5/h12-15,18-19,24,26-35H,8-11,16-17,20H2,1-7H3. The van der Waals surface area contributed by atoms with E-state index >= 15 is 0 Å². The molecule has 6 aliphatic rings. The lowest BCUT2D eigenvalue weighted by atomic mass is 9.57. The summed E-state index contributed by atoms with van der Waals surface area (Å²) in [5.41, 5.74) is 5.42. The highest BCUT2D eigenvalue weighted by atomic mass is 32.2. The zero-order valence-electron chi connectivity index (χ0n) is 25.6. The van der Waals surface area contributed by atoms with Crippen LogP contribution >= 0.6 is 23.5 Å². The summed E-state index contributed by atoms with van der Waals surface area (Å²) in [6.45, 7) is 17.6. The van der Waals surface area contributed by atoms with Gasteiger partial charge < -0.3 is 0 Å². The van der Waals surface area contributed by atoms with Crippen LogP contribution in [0.25, 0.3) is 0 Å². The SMILES string of the molecule is CC1=CC2C3C=C(C)SC3C([Si](C)(C)C3CCC4C3CC3CCCCC3C4c3ccc(C(C)(C)C)cc3)C2S1. The fourth-order valence-corrected chi connectivity index (χ4v) is 21.6. The van der Waals surface area contributed by atoms with Crippen molar-refractivity contribution in [2.24, 2.45) is 35.5 Å². The van der Waals surface area contributed by atoms with Gasteiger partial charge in [-0.15, -0.1) is 23.5 Å². The van der Waals surface area contributed by atoms with E-state index in [1.165, 1.54) is 44.1 Å². The smallest absolute Gasteiger partial charge is 0.0563 e. The van der Waals surface area contributed by atoms with E-state index in [9.17, 15) is 0 Å².